The summed E-state index contributed by atoms with van der Waals surface area (Å²) in [5.74, 6) is 0.248. The van der Waals surface area contributed by atoms with E-state index in [0.717, 1.165) is 19.3 Å². The number of hydrogen-bond acceptors (Lipinski definition) is 1. The van der Waals surface area contributed by atoms with Gasteiger partial charge in [0.1, 0.15) is 0 Å². The van der Waals surface area contributed by atoms with Crippen LogP contribution in [0.25, 0.3) is 0 Å². The molecule has 1 N–H and O–H groups in total. The van der Waals surface area contributed by atoms with Crippen LogP contribution in [0.1, 0.15) is 47.0 Å². The lowest BCUT2D eigenvalue weighted by Crippen LogP contribution is -2.35. The maximum atomic E-state index is 11.7. The molecule has 70 valence electrons. The van der Waals surface area contributed by atoms with E-state index in [-0.39, 0.29) is 16.9 Å². The molecule has 0 aliphatic carbocycles. The first kappa shape index (κ1) is 9.56. The second-order valence-electron chi connectivity index (χ2n) is 4.50. The predicted octanol–water partition coefficient (Wildman–Crippen LogP) is 2.09. The van der Waals surface area contributed by atoms with Gasteiger partial charge >= 0.3 is 0 Å². The van der Waals surface area contributed by atoms with Crippen molar-refractivity contribution in [3.63, 3.8) is 0 Å². The molecule has 12 heavy (non-hydrogen) atoms. The summed E-state index contributed by atoms with van der Waals surface area (Å²) >= 11 is 0. The van der Waals surface area contributed by atoms with Crippen LogP contribution in [0.5, 0.6) is 0 Å². The summed E-state index contributed by atoms with van der Waals surface area (Å²) in [4.78, 5) is 11.7. The van der Waals surface area contributed by atoms with E-state index in [1.165, 1.54) is 0 Å². The molecule has 2 nitrogen and oxygen atoms in total. The Kier molecular flexibility index (Phi) is 2.19. The first-order chi connectivity index (χ1) is 5.46. The van der Waals surface area contributed by atoms with Gasteiger partial charge in [0, 0.05) is 5.54 Å². The minimum atomic E-state index is -0.0799. The second kappa shape index (κ2) is 2.75. The zero-order valence-electron chi connectivity index (χ0n) is 8.53. The van der Waals surface area contributed by atoms with E-state index in [0.29, 0.717) is 0 Å². The van der Waals surface area contributed by atoms with Gasteiger partial charge in [0.2, 0.25) is 5.91 Å². The van der Waals surface area contributed by atoms with Crippen LogP contribution in [0.3, 0.4) is 0 Å². The fourth-order valence-corrected chi connectivity index (χ4v) is 2.23. The van der Waals surface area contributed by atoms with E-state index < -0.39 is 0 Å². The molecule has 2 heteroatoms. The van der Waals surface area contributed by atoms with Crippen molar-refractivity contribution in [1.82, 2.24) is 5.32 Å². The van der Waals surface area contributed by atoms with Crippen molar-refractivity contribution in [3.8, 4) is 0 Å². The van der Waals surface area contributed by atoms with Gasteiger partial charge in [0.05, 0.1) is 5.41 Å². The highest BCUT2D eigenvalue weighted by Gasteiger charge is 2.47. The molecule has 1 heterocycles. The summed E-state index contributed by atoms with van der Waals surface area (Å²) < 4.78 is 0. The topological polar surface area (TPSA) is 29.1 Å². The first-order valence-corrected chi connectivity index (χ1v) is 4.78. The van der Waals surface area contributed by atoms with Gasteiger partial charge in [-0.1, -0.05) is 13.8 Å². The minimum Gasteiger partial charge on any atom is -0.351 e. The maximum Gasteiger partial charge on any atom is 0.226 e. The van der Waals surface area contributed by atoms with Crippen LogP contribution in [-0.2, 0) is 4.79 Å². The van der Waals surface area contributed by atoms with Gasteiger partial charge in [0.25, 0.3) is 0 Å². The lowest BCUT2D eigenvalue weighted by molar-refractivity contribution is -0.128. The van der Waals surface area contributed by atoms with Crippen molar-refractivity contribution >= 4 is 5.91 Å². The number of carbonyl (C=O) groups excluding carboxylic acids is 1. The molecule has 0 radical (unpaired) electrons. The number of carbonyl (C=O) groups is 1. The highest BCUT2D eigenvalue weighted by atomic mass is 16.2. The molecule has 0 atom stereocenters. The standard InChI is InChI=1S/C10H19NO/c1-5-10(6-2)7-9(3,4)11-8(10)12/h5-7H2,1-4H3,(H,11,12). The highest BCUT2D eigenvalue weighted by Crippen LogP contribution is 2.41. The van der Waals surface area contributed by atoms with Crippen molar-refractivity contribution in [2.75, 3.05) is 0 Å². The highest BCUT2D eigenvalue weighted by molar-refractivity contribution is 5.85. The SMILES string of the molecule is CCC1(CC)CC(C)(C)NC1=O. The third-order valence-corrected chi connectivity index (χ3v) is 3.07. The van der Waals surface area contributed by atoms with Gasteiger partial charge in [-0.25, -0.2) is 0 Å². The van der Waals surface area contributed by atoms with Crippen LogP contribution in [0.4, 0.5) is 0 Å². The maximum absolute atomic E-state index is 11.7. The molecular formula is C10H19NO. The van der Waals surface area contributed by atoms with Crippen LogP contribution in [-0.4, -0.2) is 11.4 Å². The number of nitrogens with one attached hydrogen (secondary N) is 1. The molecule has 0 spiro atoms. The Bertz CT molecular complexity index is 192. The molecule has 1 aliphatic rings. The molecule has 0 aromatic heterocycles. The second-order valence-corrected chi connectivity index (χ2v) is 4.50. The van der Waals surface area contributed by atoms with Gasteiger partial charge in [-0.05, 0) is 33.1 Å². The van der Waals surface area contributed by atoms with Crippen LogP contribution < -0.4 is 5.32 Å². The molecule has 0 aromatic carbocycles. The van der Waals surface area contributed by atoms with Crippen molar-refractivity contribution < 1.29 is 4.79 Å². The quantitative estimate of drug-likeness (QED) is 0.673. The minimum absolute atomic E-state index is 0.00308. The van der Waals surface area contributed by atoms with Crippen LogP contribution in [0.15, 0.2) is 0 Å². The summed E-state index contributed by atoms with van der Waals surface area (Å²) in [6.45, 7) is 8.39. The third-order valence-electron chi connectivity index (χ3n) is 3.07. The van der Waals surface area contributed by atoms with E-state index >= 15 is 0 Å². The average Bonchev–Trinajstić information content (AvgIpc) is 2.21. The normalized spacial score (nSPS) is 25.5. The average molecular weight is 169 g/mol. The van der Waals surface area contributed by atoms with Crippen LogP contribution in [0.2, 0.25) is 0 Å². The van der Waals surface area contributed by atoms with Gasteiger partial charge in [-0.2, -0.15) is 0 Å². The number of rotatable bonds is 2. The van der Waals surface area contributed by atoms with Gasteiger partial charge in [-0.15, -0.1) is 0 Å². The summed E-state index contributed by atoms with van der Waals surface area (Å²) in [7, 11) is 0. The molecule has 1 amide bonds. The van der Waals surface area contributed by atoms with Gasteiger partial charge in [-0.3, -0.25) is 4.79 Å². The molecule has 0 aromatic rings. The Labute approximate surface area is 74.7 Å². The van der Waals surface area contributed by atoms with Crippen molar-refractivity contribution in [1.29, 1.82) is 0 Å². The largest absolute Gasteiger partial charge is 0.351 e. The number of hydrogen-bond donors (Lipinski definition) is 1. The van der Waals surface area contributed by atoms with E-state index in [9.17, 15) is 4.79 Å². The zero-order valence-corrected chi connectivity index (χ0v) is 8.53. The van der Waals surface area contributed by atoms with Gasteiger partial charge in [0.15, 0.2) is 0 Å². The molecule has 1 aliphatic heterocycles. The molecule has 1 saturated heterocycles. The monoisotopic (exact) mass is 169 g/mol. The fraction of sp³-hybridized carbons (Fsp3) is 0.900. The van der Waals surface area contributed by atoms with E-state index in [4.69, 9.17) is 0 Å². The molecular weight excluding hydrogens is 150 g/mol. The molecule has 1 rings (SSSR count). The smallest absolute Gasteiger partial charge is 0.226 e. The summed E-state index contributed by atoms with van der Waals surface area (Å²) in [6, 6.07) is 0. The van der Waals surface area contributed by atoms with Crippen LogP contribution >= 0.6 is 0 Å². The molecule has 0 unspecified atom stereocenters. The van der Waals surface area contributed by atoms with Crippen LogP contribution in [0, 0.1) is 5.41 Å². The third kappa shape index (κ3) is 1.35. The fourth-order valence-electron chi connectivity index (χ4n) is 2.23. The lowest BCUT2D eigenvalue weighted by atomic mass is 9.77. The van der Waals surface area contributed by atoms with Crippen molar-refractivity contribution in [3.05, 3.63) is 0 Å². The zero-order chi connectivity index (χ0) is 9.41. The Balaban J connectivity index is 2.86. The molecule has 1 fully saturated rings. The van der Waals surface area contributed by atoms with E-state index in [2.05, 4.69) is 33.0 Å². The molecule has 0 saturated carbocycles. The van der Waals surface area contributed by atoms with E-state index in [1.54, 1.807) is 0 Å². The Morgan fingerprint density at radius 3 is 2.00 bits per heavy atom. The lowest BCUT2D eigenvalue weighted by Gasteiger charge is -2.23. The van der Waals surface area contributed by atoms with Crippen molar-refractivity contribution in [2.45, 2.75) is 52.5 Å². The van der Waals surface area contributed by atoms with Crippen molar-refractivity contribution in [2.24, 2.45) is 5.41 Å². The summed E-state index contributed by atoms with van der Waals surface area (Å²) in [5, 5.41) is 3.05. The van der Waals surface area contributed by atoms with E-state index in [1.807, 2.05) is 0 Å². The Hall–Kier alpha value is -0.530. The Morgan fingerprint density at radius 2 is 1.83 bits per heavy atom. The Morgan fingerprint density at radius 1 is 1.33 bits per heavy atom. The van der Waals surface area contributed by atoms with Gasteiger partial charge < -0.3 is 5.32 Å². The predicted molar refractivity (Wildman–Crippen MR) is 49.9 cm³/mol. The molecule has 0 bridgehead atoms. The summed E-state index contributed by atoms with van der Waals surface area (Å²) in [6.07, 6.45) is 2.89. The summed E-state index contributed by atoms with van der Waals surface area (Å²) in [5.41, 5.74) is -0.0768. The first-order valence-electron chi connectivity index (χ1n) is 4.78. The number of amides is 1.